The van der Waals surface area contributed by atoms with Crippen molar-refractivity contribution < 1.29 is 14.0 Å². The Morgan fingerprint density at radius 1 is 1.00 bits per heavy atom. The highest BCUT2D eigenvalue weighted by Crippen LogP contribution is 2.28. The smallest absolute Gasteiger partial charge is 0.289 e. The van der Waals surface area contributed by atoms with Crippen molar-refractivity contribution in [3.8, 4) is 0 Å². The number of piperazine rings is 1. The molecule has 0 radical (unpaired) electrons. The highest BCUT2D eigenvalue weighted by Gasteiger charge is 2.29. The molecule has 35 heavy (non-hydrogen) atoms. The second-order valence-electron chi connectivity index (χ2n) is 10.1. The van der Waals surface area contributed by atoms with E-state index in [1.165, 1.54) is 6.07 Å². The Hall–Kier alpha value is -3.20. The molecule has 1 N–H and O–H groups in total. The third-order valence-electron chi connectivity index (χ3n) is 7.16. The molecule has 2 aromatic carbocycles. The summed E-state index contributed by atoms with van der Waals surface area (Å²) in [5.41, 5.74) is 3.55. The number of carbonyl (C=O) groups excluding carboxylic acids is 1. The molecule has 2 aliphatic heterocycles. The summed E-state index contributed by atoms with van der Waals surface area (Å²) in [5, 5.41) is 4.32. The molecular formula is C27H34N5O3+. The number of para-hydroxylation sites is 1. The van der Waals surface area contributed by atoms with Gasteiger partial charge in [-0.3, -0.25) is 9.59 Å². The number of anilines is 2. The molecule has 1 amide bonds. The predicted octanol–water partition coefficient (Wildman–Crippen LogP) is 2.63. The van der Waals surface area contributed by atoms with Crippen molar-refractivity contribution in [3.05, 3.63) is 70.0 Å². The topological polar surface area (TPSA) is 68.9 Å². The molecule has 2 fully saturated rings. The van der Waals surface area contributed by atoms with Crippen molar-refractivity contribution in [2.24, 2.45) is 0 Å². The van der Waals surface area contributed by atoms with Gasteiger partial charge in [0.15, 0.2) is 5.43 Å². The van der Waals surface area contributed by atoms with Crippen LogP contribution in [0.4, 0.5) is 11.4 Å². The number of hydrogen-bond donors (Lipinski definition) is 1. The van der Waals surface area contributed by atoms with Gasteiger partial charge in [0.25, 0.3) is 5.91 Å². The molecule has 0 bridgehead atoms. The molecule has 2 saturated heterocycles. The zero-order valence-electron chi connectivity index (χ0n) is 20.8. The highest BCUT2D eigenvalue weighted by atomic mass is 16.5. The van der Waals surface area contributed by atoms with Crippen LogP contribution in [-0.2, 0) is 4.74 Å². The van der Waals surface area contributed by atoms with E-state index in [2.05, 4.69) is 30.0 Å². The Balaban J connectivity index is 1.59. The number of morpholine rings is 1. The molecule has 0 atom stereocenters. The molecule has 1 aromatic heterocycles. The third kappa shape index (κ3) is 4.69. The third-order valence-corrected chi connectivity index (χ3v) is 7.16. The fourth-order valence-corrected chi connectivity index (χ4v) is 4.99. The van der Waals surface area contributed by atoms with Crippen molar-refractivity contribution in [2.45, 2.75) is 6.92 Å². The van der Waals surface area contributed by atoms with Crippen molar-refractivity contribution in [1.29, 1.82) is 0 Å². The Morgan fingerprint density at radius 2 is 1.69 bits per heavy atom. The van der Waals surface area contributed by atoms with Crippen LogP contribution < -0.4 is 15.3 Å². The van der Waals surface area contributed by atoms with Gasteiger partial charge in [0, 0.05) is 19.2 Å². The van der Waals surface area contributed by atoms with Gasteiger partial charge in [-0.15, -0.1) is 0 Å². The number of H-pyrrole nitrogens is 1. The van der Waals surface area contributed by atoms with E-state index in [-0.39, 0.29) is 17.0 Å². The summed E-state index contributed by atoms with van der Waals surface area (Å²) >= 11 is 0. The quantitative estimate of drug-likeness (QED) is 0.587. The predicted molar refractivity (Wildman–Crippen MR) is 139 cm³/mol. The molecule has 8 nitrogen and oxygen atoms in total. The van der Waals surface area contributed by atoms with E-state index in [9.17, 15) is 9.59 Å². The van der Waals surface area contributed by atoms with Crippen LogP contribution in [-0.4, -0.2) is 87.0 Å². The summed E-state index contributed by atoms with van der Waals surface area (Å²) in [6, 6.07) is 15.1. The first-order valence-corrected chi connectivity index (χ1v) is 12.3. The molecule has 0 saturated carbocycles. The second kappa shape index (κ2) is 9.45. The van der Waals surface area contributed by atoms with Gasteiger partial charge in [-0.05, 0) is 30.7 Å². The largest absolute Gasteiger partial charge is 0.379 e. The number of nitrogens with one attached hydrogen (secondary N) is 1. The van der Waals surface area contributed by atoms with Crippen molar-refractivity contribution >= 4 is 28.2 Å². The molecule has 8 heteroatoms. The first-order valence-electron chi connectivity index (χ1n) is 12.3. The molecule has 0 unspecified atom stereocenters. The number of carbonyl (C=O) groups is 1. The fourth-order valence-electron chi connectivity index (χ4n) is 4.99. The summed E-state index contributed by atoms with van der Waals surface area (Å²) in [4.78, 5) is 33.0. The van der Waals surface area contributed by atoms with Gasteiger partial charge in [-0.1, -0.05) is 24.3 Å². The van der Waals surface area contributed by atoms with E-state index in [1.807, 2.05) is 48.3 Å². The van der Waals surface area contributed by atoms with Crippen LogP contribution in [0.2, 0.25) is 0 Å². The first-order chi connectivity index (χ1) is 16.8. The van der Waals surface area contributed by atoms with Gasteiger partial charge in [0.1, 0.15) is 5.69 Å². The van der Waals surface area contributed by atoms with Crippen molar-refractivity contribution in [1.82, 2.24) is 9.99 Å². The Labute approximate surface area is 205 Å². The molecule has 3 heterocycles. The molecule has 5 rings (SSSR count). The van der Waals surface area contributed by atoms with Crippen LogP contribution >= 0.6 is 0 Å². The summed E-state index contributed by atoms with van der Waals surface area (Å²) in [6.07, 6.45) is 0. The highest BCUT2D eigenvalue weighted by molar-refractivity contribution is 6.06. The minimum absolute atomic E-state index is 0.135. The number of likely N-dealkylation sites (N-methyl/N-ethyl adjacent to an activating group) is 1. The van der Waals surface area contributed by atoms with E-state index in [1.54, 1.807) is 5.01 Å². The zero-order valence-corrected chi connectivity index (χ0v) is 20.8. The Kier molecular flexibility index (Phi) is 6.35. The SMILES string of the molecule is Cc1ccc(N2CC[N+](C)(C)CC2)c2[nH]c(C(=O)N(c3ccccc3)N3CCOCC3)cc(=O)c12. The lowest BCUT2D eigenvalue weighted by Gasteiger charge is -2.40. The number of benzene rings is 2. The van der Waals surface area contributed by atoms with Gasteiger partial charge in [0.2, 0.25) is 0 Å². The minimum Gasteiger partial charge on any atom is -0.379 e. The normalized spacial score (nSPS) is 18.5. The maximum atomic E-state index is 14.0. The van der Waals surface area contributed by atoms with Crippen LogP contribution in [0.15, 0.2) is 53.3 Å². The lowest BCUT2D eigenvalue weighted by Crippen LogP contribution is -2.55. The second-order valence-corrected chi connectivity index (χ2v) is 10.1. The van der Waals surface area contributed by atoms with Crippen LogP contribution in [0.1, 0.15) is 16.1 Å². The van der Waals surface area contributed by atoms with Gasteiger partial charge >= 0.3 is 0 Å². The number of fused-ring (bicyclic) bond motifs is 1. The van der Waals surface area contributed by atoms with Crippen LogP contribution in [0.3, 0.4) is 0 Å². The molecular weight excluding hydrogens is 442 g/mol. The van der Waals surface area contributed by atoms with E-state index >= 15 is 0 Å². The lowest BCUT2D eigenvalue weighted by molar-refractivity contribution is -0.890. The van der Waals surface area contributed by atoms with Gasteiger partial charge < -0.3 is 19.1 Å². The number of aromatic amines is 1. The number of pyridine rings is 1. The number of hydrogen-bond acceptors (Lipinski definition) is 5. The van der Waals surface area contributed by atoms with Gasteiger partial charge in [-0.2, -0.15) is 0 Å². The van der Waals surface area contributed by atoms with E-state index in [0.29, 0.717) is 31.7 Å². The molecule has 0 spiro atoms. The number of hydrazine groups is 1. The Bertz CT molecular complexity index is 1270. The number of quaternary nitrogens is 1. The summed E-state index contributed by atoms with van der Waals surface area (Å²) in [6.45, 7) is 8.10. The molecule has 3 aromatic rings. The van der Waals surface area contributed by atoms with Crippen LogP contribution in [0.5, 0.6) is 0 Å². The van der Waals surface area contributed by atoms with Crippen molar-refractivity contribution in [3.63, 3.8) is 0 Å². The average molecular weight is 477 g/mol. The number of ether oxygens (including phenoxy) is 1. The van der Waals surface area contributed by atoms with Gasteiger partial charge in [-0.25, -0.2) is 10.0 Å². The van der Waals surface area contributed by atoms with Crippen LogP contribution in [0, 0.1) is 6.92 Å². The van der Waals surface area contributed by atoms with Crippen LogP contribution in [0.25, 0.3) is 10.9 Å². The number of aromatic nitrogens is 1. The summed E-state index contributed by atoms with van der Waals surface area (Å²) in [7, 11) is 4.49. The standard InChI is InChI=1S/C27H33N5O3/c1-20-9-10-23(29-11-15-32(2,3)16-12-29)26-25(20)24(33)19-22(28-26)27(34)31(21-7-5-4-6-8-21)30-13-17-35-18-14-30/h4-10,19H,11-18H2,1-3H3/p+1. The van der Waals surface area contributed by atoms with E-state index in [4.69, 9.17) is 4.74 Å². The van der Waals surface area contributed by atoms with Gasteiger partial charge in [0.05, 0.1) is 75.8 Å². The number of aryl methyl sites for hydroxylation is 1. The zero-order chi connectivity index (χ0) is 24.6. The lowest BCUT2D eigenvalue weighted by atomic mass is 10.1. The Morgan fingerprint density at radius 3 is 2.37 bits per heavy atom. The van der Waals surface area contributed by atoms with Crippen molar-refractivity contribution in [2.75, 3.05) is 76.5 Å². The molecule has 0 aliphatic carbocycles. The van der Waals surface area contributed by atoms with E-state index in [0.717, 1.165) is 53.1 Å². The monoisotopic (exact) mass is 476 g/mol. The number of amides is 1. The average Bonchev–Trinajstić information content (AvgIpc) is 2.86. The summed E-state index contributed by atoms with van der Waals surface area (Å²) < 4.78 is 6.49. The summed E-state index contributed by atoms with van der Waals surface area (Å²) in [5.74, 6) is -0.249. The maximum Gasteiger partial charge on any atom is 0.289 e. The number of rotatable bonds is 4. The minimum atomic E-state index is -0.249. The fraction of sp³-hybridized carbons (Fsp3) is 0.407. The van der Waals surface area contributed by atoms with E-state index < -0.39 is 0 Å². The maximum absolute atomic E-state index is 14.0. The molecule has 184 valence electrons. The number of nitrogens with zero attached hydrogens (tertiary/aromatic N) is 4. The first kappa shape index (κ1) is 23.5. The molecule has 2 aliphatic rings.